The predicted octanol–water partition coefficient (Wildman–Crippen LogP) is 3.53. The molecule has 1 heterocycles. The van der Waals surface area contributed by atoms with E-state index in [4.69, 9.17) is 5.11 Å². The summed E-state index contributed by atoms with van der Waals surface area (Å²) in [6.45, 7) is 0. The number of carboxylic acid groups (broad SMARTS) is 1. The number of anilines is 2. The number of benzene rings is 1. The first kappa shape index (κ1) is 14.3. The molecule has 0 saturated heterocycles. The van der Waals surface area contributed by atoms with Gasteiger partial charge in [0.2, 0.25) is 0 Å². The number of rotatable bonds is 4. The Hall–Kier alpha value is -2.09. The van der Waals surface area contributed by atoms with Crippen molar-refractivity contribution in [2.24, 2.45) is 0 Å². The minimum Gasteiger partial charge on any atom is -0.481 e. The van der Waals surface area contributed by atoms with Crippen molar-refractivity contribution in [3.63, 3.8) is 0 Å². The highest BCUT2D eigenvalue weighted by Crippen LogP contribution is 2.36. The number of carbonyl (C=O) groups is 1. The van der Waals surface area contributed by atoms with Crippen LogP contribution in [-0.2, 0) is 17.4 Å². The highest BCUT2D eigenvalue weighted by atomic mass is 32.1. The van der Waals surface area contributed by atoms with Crippen LogP contribution >= 0.6 is 11.3 Å². The maximum Gasteiger partial charge on any atom is 0.418 e. The van der Waals surface area contributed by atoms with Crippen LogP contribution < -0.4 is 5.32 Å². The van der Waals surface area contributed by atoms with E-state index in [9.17, 15) is 18.0 Å². The largest absolute Gasteiger partial charge is 0.481 e. The Morgan fingerprint density at radius 1 is 1.35 bits per heavy atom. The Balaban J connectivity index is 2.22. The summed E-state index contributed by atoms with van der Waals surface area (Å²) in [6.07, 6.45) is -4.73. The lowest BCUT2D eigenvalue weighted by molar-refractivity contribution is -0.137. The van der Waals surface area contributed by atoms with Gasteiger partial charge in [0, 0.05) is 5.38 Å². The summed E-state index contributed by atoms with van der Waals surface area (Å²) in [4.78, 5) is 14.4. The zero-order valence-corrected chi connectivity index (χ0v) is 10.8. The number of nitrogens with zero attached hydrogens (tertiary/aromatic N) is 1. The molecule has 0 aliphatic rings. The molecule has 2 rings (SSSR count). The Morgan fingerprint density at radius 2 is 2.05 bits per heavy atom. The second kappa shape index (κ2) is 5.49. The van der Waals surface area contributed by atoms with E-state index in [2.05, 4.69) is 10.3 Å². The van der Waals surface area contributed by atoms with Gasteiger partial charge in [-0.15, -0.1) is 11.3 Å². The highest BCUT2D eigenvalue weighted by Gasteiger charge is 2.33. The van der Waals surface area contributed by atoms with Gasteiger partial charge >= 0.3 is 12.1 Å². The Bertz CT molecular complexity index is 625. The van der Waals surface area contributed by atoms with Gasteiger partial charge in [0.25, 0.3) is 0 Å². The lowest BCUT2D eigenvalue weighted by Gasteiger charge is -2.12. The molecule has 0 saturated carbocycles. The van der Waals surface area contributed by atoms with Crippen molar-refractivity contribution in [1.29, 1.82) is 0 Å². The maximum absolute atomic E-state index is 12.8. The summed E-state index contributed by atoms with van der Waals surface area (Å²) >= 11 is 1.05. The molecule has 1 aromatic heterocycles. The van der Waals surface area contributed by atoms with E-state index in [1.807, 2.05) is 0 Å². The first-order valence-corrected chi connectivity index (χ1v) is 6.33. The van der Waals surface area contributed by atoms with Crippen molar-refractivity contribution in [3.05, 3.63) is 40.9 Å². The van der Waals surface area contributed by atoms with Crippen LogP contribution in [0.4, 0.5) is 24.0 Å². The smallest absolute Gasteiger partial charge is 0.418 e. The molecule has 0 spiro atoms. The van der Waals surface area contributed by atoms with Gasteiger partial charge in [-0.2, -0.15) is 13.2 Å². The molecule has 2 N–H and O–H groups in total. The zero-order valence-electron chi connectivity index (χ0n) is 9.94. The van der Waals surface area contributed by atoms with Crippen LogP contribution in [0.2, 0.25) is 0 Å². The average Bonchev–Trinajstić information content (AvgIpc) is 2.75. The molecule has 0 amide bonds. The Kier molecular flexibility index (Phi) is 3.93. The number of para-hydroxylation sites is 1. The van der Waals surface area contributed by atoms with Crippen molar-refractivity contribution in [2.75, 3.05) is 5.32 Å². The van der Waals surface area contributed by atoms with Crippen LogP contribution in [0.15, 0.2) is 29.6 Å². The standard InChI is InChI=1S/C12H9F3N2O2S/c13-12(14,15)8-3-1-2-4-9(8)17-11-16-7(6-20-11)5-10(18)19/h1-4,6H,5H2,(H,16,17)(H,18,19). The first-order valence-electron chi connectivity index (χ1n) is 5.45. The van der Waals surface area contributed by atoms with E-state index >= 15 is 0 Å². The third kappa shape index (κ3) is 3.47. The summed E-state index contributed by atoms with van der Waals surface area (Å²) in [5.41, 5.74) is -0.610. The molecule has 20 heavy (non-hydrogen) atoms. The molecule has 1 aromatic carbocycles. The molecule has 0 radical (unpaired) electrons. The number of nitrogens with one attached hydrogen (secondary N) is 1. The van der Waals surface area contributed by atoms with Gasteiger partial charge < -0.3 is 10.4 Å². The fourth-order valence-electron chi connectivity index (χ4n) is 1.56. The van der Waals surface area contributed by atoms with Crippen molar-refractivity contribution in [2.45, 2.75) is 12.6 Å². The van der Waals surface area contributed by atoms with Gasteiger partial charge in [-0.05, 0) is 12.1 Å². The van der Waals surface area contributed by atoms with Gasteiger partial charge in [0.05, 0.1) is 23.4 Å². The third-order valence-corrected chi connectivity index (χ3v) is 3.16. The minimum absolute atomic E-state index is 0.115. The van der Waals surface area contributed by atoms with Gasteiger partial charge in [0.1, 0.15) is 0 Å². The third-order valence-electron chi connectivity index (χ3n) is 2.36. The van der Waals surface area contributed by atoms with Crippen LogP contribution in [0.1, 0.15) is 11.3 Å². The van der Waals surface area contributed by atoms with Crippen molar-refractivity contribution >= 4 is 28.1 Å². The molecular formula is C12H9F3N2O2S. The maximum atomic E-state index is 12.8. The van der Waals surface area contributed by atoms with Crippen LogP contribution in [0, 0.1) is 0 Å². The fourth-order valence-corrected chi connectivity index (χ4v) is 2.28. The lowest BCUT2D eigenvalue weighted by Crippen LogP contribution is -2.08. The predicted molar refractivity (Wildman–Crippen MR) is 68.2 cm³/mol. The average molecular weight is 302 g/mol. The van der Waals surface area contributed by atoms with E-state index in [-0.39, 0.29) is 17.2 Å². The summed E-state index contributed by atoms with van der Waals surface area (Å²) in [7, 11) is 0. The molecule has 0 atom stereocenters. The SMILES string of the molecule is O=C(O)Cc1csc(Nc2ccccc2C(F)(F)F)n1. The van der Waals surface area contributed by atoms with E-state index in [0.717, 1.165) is 17.4 Å². The zero-order chi connectivity index (χ0) is 14.8. The first-order chi connectivity index (χ1) is 9.36. The fraction of sp³-hybridized carbons (Fsp3) is 0.167. The molecule has 2 aromatic rings. The molecule has 0 aliphatic heterocycles. The van der Waals surface area contributed by atoms with E-state index in [1.165, 1.54) is 23.6 Å². The number of thiazole rings is 1. The van der Waals surface area contributed by atoms with Crippen molar-refractivity contribution in [3.8, 4) is 0 Å². The van der Waals surface area contributed by atoms with E-state index in [0.29, 0.717) is 5.69 Å². The molecule has 106 valence electrons. The highest BCUT2D eigenvalue weighted by molar-refractivity contribution is 7.13. The van der Waals surface area contributed by atoms with Crippen molar-refractivity contribution in [1.82, 2.24) is 4.98 Å². The van der Waals surface area contributed by atoms with Crippen LogP contribution in [0.5, 0.6) is 0 Å². The minimum atomic E-state index is -4.47. The van der Waals surface area contributed by atoms with Gasteiger partial charge in [-0.3, -0.25) is 4.79 Å². The Labute approximate surface area is 115 Å². The van der Waals surface area contributed by atoms with Crippen molar-refractivity contribution < 1.29 is 23.1 Å². The van der Waals surface area contributed by atoms with Gasteiger partial charge in [-0.25, -0.2) is 4.98 Å². The summed E-state index contributed by atoms with van der Waals surface area (Å²) in [6, 6.07) is 5.03. The lowest BCUT2D eigenvalue weighted by atomic mass is 10.2. The quantitative estimate of drug-likeness (QED) is 0.907. The second-order valence-corrected chi connectivity index (χ2v) is 4.74. The molecule has 0 bridgehead atoms. The number of aromatic nitrogens is 1. The van der Waals surface area contributed by atoms with Crippen LogP contribution in [0.25, 0.3) is 0 Å². The van der Waals surface area contributed by atoms with Gasteiger partial charge in [-0.1, -0.05) is 12.1 Å². The van der Waals surface area contributed by atoms with E-state index < -0.39 is 17.7 Å². The molecule has 4 nitrogen and oxygen atoms in total. The van der Waals surface area contributed by atoms with E-state index in [1.54, 1.807) is 0 Å². The summed E-state index contributed by atoms with van der Waals surface area (Å²) in [5.74, 6) is -1.04. The number of hydrogen-bond donors (Lipinski definition) is 2. The molecular weight excluding hydrogens is 293 g/mol. The number of aliphatic carboxylic acids is 1. The molecule has 8 heteroatoms. The number of alkyl halides is 3. The number of halogens is 3. The molecule has 0 fully saturated rings. The van der Waals surface area contributed by atoms with Crippen LogP contribution in [0.3, 0.4) is 0 Å². The molecule has 0 unspecified atom stereocenters. The monoisotopic (exact) mass is 302 g/mol. The van der Waals surface area contributed by atoms with Crippen LogP contribution in [-0.4, -0.2) is 16.1 Å². The number of hydrogen-bond acceptors (Lipinski definition) is 4. The topological polar surface area (TPSA) is 62.2 Å². The molecule has 0 aliphatic carbocycles. The normalized spacial score (nSPS) is 11.3. The Morgan fingerprint density at radius 3 is 2.70 bits per heavy atom. The van der Waals surface area contributed by atoms with Gasteiger partial charge in [0.15, 0.2) is 5.13 Å². The summed E-state index contributed by atoms with van der Waals surface area (Å²) < 4.78 is 38.4. The summed E-state index contributed by atoms with van der Waals surface area (Å²) in [5, 5.41) is 12.9. The second-order valence-electron chi connectivity index (χ2n) is 3.88. The number of carboxylic acids is 1.